The highest BCUT2D eigenvalue weighted by molar-refractivity contribution is 7.71. The van der Waals surface area contributed by atoms with Gasteiger partial charge in [-0.25, -0.2) is 0 Å². The van der Waals surface area contributed by atoms with Crippen molar-refractivity contribution in [3.63, 3.8) is 0 Å². The third kappa shape index (κ3) is 2.16. The lowest BCUT2D eigenvalue weighted by molar-refractivity contribution is -0.118. The number of carbonyl (C=O) groups is 1. The van der Waals surface area contributed by atoms with Crippen LogP contribution in [-0.4, -0.2) is 15.5 Å². The second kappa shape index (κ2) is 4.42. The molecule has 0 bridgehead atoms. The molecule has 0 atom stereocenters. The smallest absolute Gasteiger partial charge is 0.263 e. The molecule has 0 aliphatic heterocycles. The number of carbonyl (C=O) groups excluding carboxylic acids is 1. The van der Waals surface area contributed by atoms with Crippen molar-refractivity contribution in [2.45, 2.75) is 19.9 Å². The highest BCUT2D eigenvalue weighted by atomic mass is 32.1. The second-order valence-electron chi connectivity index (χ2n) is 3.60. The molecule has 2 rings (SSSR count). The Kier molecular flexibility index (Phi) is 3.12. The van der Waals surface area contributed by atoms with E-state index >= 15 is 0 Å². The zero-order valence-corrected chi connectivity index (χ0v) is 10.8. The molecule has 2 heterocycles. The van der Waals surface area contributed by atoms with E-state index < -0.39 is 5.91 Å². The Morgan fingerprint density at radius 1 is 1.65 bits per heavy atom. The van der Waals surface area contributed by atoms with Gasteiger partial charge in [-0.3, -0.25) is 14.2 Å². The van der Waals surface area contributed by atoms with Crippen LogP contribution < -0.4 is 11.3 Å². The lowest BCUT2D eigenvalue weighted by Crippen LogP contribution is -2.28. The number of nitrogens with one attached hydrogen (secondary N) is 1. The van der Waals surface area contributed by atoms with Gasteiger partial charge in [0.1, 0.15) is 11.4 Å². The number of hydrogen-bond donors (Lipinski definition) is 2. The fourth-order valence-corrected chi connectivity index (χ4v) is 2.87. The number of nitrogens with two attached hydrogens (primary N) is 1. The second-order valence-corrected chi connectivity index (χ2v) is 5.12. The number of fused-ring (bicyclic) bond motifs is 1. The Bertz CT molecular complexity index is 696. The molecule has 0 saturated heterocycles. The van der Waals surface area contributed by atoms with Crippen molar-refractivity contribution in [2.24, 2.45) is 5.73 Å². The number of primary amides is 1. The number of hydrogen-bond acceptors (Lipinski definition) is 4. The van der Waals surface area contributed by atoms with E-state index in [1.165, 1.54) is 15.9 Å². The summed E-state index contributed by atoms with van der Waals surface area (Å²) in [7, 11) is 0. The molecule has 0 aliphatic rings. The molecule has 7 heteroatoms. The maximum Gasteiger partial charge on any atom is 0.263 e. The molecule has 2 aromatic heterocycles. The van der Waals surface area contributed by atoms with Gasteiger partial charge in [0, 0.05) is 4.88 Å². The van der Waals surface area contributed by atoms with Crippen LogP contribution in [0.4, 0.5) is 0 Å². The van der Waals surface area contributed by atoms with Crippen LogP contribution in [0.1, 0.15) is 11.8 Å². The molecule has 0 aliphatic carbocycles. The summed E-state index contributed by atoms with van der Waals surface area (Å²) in [6.07, 6.45) is 0.856. The minimum atomic E-state index is -0.586. The van der Waals surface area contributed by atoms with E-state index in [9.17, 15) is 9.59 Å². The average molecular weight is 269 g/mol. The van der Waals surface area contributed by atoms with Gasteiger partial charge in [-0.1, -0.05) is 6.92 Å². The monoisotopic (exact) mass is 269 g/mol. The minimum absolute atomic E-state index is 0.193. The van der Waals surface area contributed by atoms with Gasteiger partial charge in [0.15, 0.2) is 4.77 Å². The van der Waals surface area contributed by atoms with Crippen LogP contribution in [0.3, 0.4) is 0 Å². The molecule has 17 heavy (non-hydrogen) atoms. The van der Waals surface area contributed by atoms with Gasteiger partial charge in [-0.05, 0) is 24.7 Å². The number of aromatic nitrogens is 2. The fraction of sp³-hybridized carbons (Fsp3) is 0.300. The lowest BCUT2D eigenvalue weighted by atomic mass is 10.3. The van der Waals surface area contributed by atoms with Gasteiger partial charge in [-0.2, -0.15) is 0 Å². The van der Waals surface area contributed by atoms with Crippen molar-refractivity contribution >= 4 is 39.7 Å². The van der Waals surface area contributed by atoms with E-state index in [-0.39, 0.29) is 16.9 Å². The number of aromatic amines is 1. The summed E-state index contributed by atoms with van der Waals surface area (Å²) in [4.78, 5) is 27.8. The first-order valence-electron chi connectivity index (χ1n) is 5.06. The molecule has 90 valence electrons. The third-order valence-corrected chi connectivity index (χ3v) is 3.90. The van der Waals surface area contributed by atoms with E-state index in [0.717, 1.165) is 16.1 Å². The minimum Gasteiger partial charge on any atom is -0.368 e. The quantitative estimate of drug-likeness (QED) is 0.821. The molecular formula is C10H11N3O2S2. The molecule has 0 saturated carbocycles. The lowest BCUT2D eigenvalue weighted by Gasteiger charge is -2.02. The summed E-state index contributed by atoms with van der Waals surface area (Å²) < 4.78 is 1.41. The number of H-pyrrole nitrogens is 1. The van der Waals surface area contributed by atoms with Crippen molar-refractivity contribution in [3.8, 4) is 0 Å². The van der Waals surface area contributed by atoms with Crippen LogP contribution in [0, 0.1) is 4.77 Å². The Morgan fingerprint density at radius 2 is 2.35 bits per heavy atom. The summed E-state index contributed by atoms with van der Waals surface area (Å²) in [6, 6.07) is 1.82. The van der Waals surface area contributed by atoms with Crippen LogP contribution >= 0.6 is 23.6 Å². The van der Waals surface area contributed by atoms with Crippen LogP contribution in [0.2, 0.25) is 0 Å². The average Bonchev–Trinajstić information content (AvgIpc) is 2.67. The maximum absolute atomic E-state index is 12.1. The van der Waals surface area contributed by atoms with E-state index in [2.05, 4.69) is 4.98 Å². The predicted molar refractivity (Wildman–Crippen MR) is 69.8 cm³/mol. The molecule has 0 fully saturated rings. The Hall–Kier alpha value is -1.47. The zero-order chi connectivity index (χ0) is 12.6. The summed E-state index contributed by atoms with van der Waals surface area (Å²) in [5.74, 6) is -0.586. The van der Waals surface area contributed by atoms with E-state index in [4.69, 9.17) is 18.0 Å². The number of rotatable bonds is 3. The number of nitrogens with zero attached hydrogens (tertiary/aromatic N) is 1. The Morgan fingerprint density at radius 3 is 2.94 bits per heavy atom. The topological polar surface area (TPSA) is 80.9 Å². The van der Waals surface area contributed by atoms with Gasteiger partial charge in [0.25, 0.3) is 5.56 Å². The summed E-state index contributed by atoms with van der Waals surface area (Å²) in [5, 5.41) is 0.557. The van der Waals surface area contributed by atoms with Crippen LogP contribution in [0.5, 0.6) is 0 Å². The highest BCUT2D eigenvalue weighted by Crippen LogP contribution is 2.21. The predicted octanol–water partition coefficient (Wildman–Crippen LogP) is 1.17. The normalized spacial score (nSPS) is 10.9. The largest absolute Gasteiger partial charge is 0.368 e. The van der Waals surface area contributed by atoms with Gasteiger partial charge in [0.05, 0.1) is 5.39 Å². The SMILES string of the molecule is CCc1cc2c(=O)n(CC(N)=O)c(=S)[nH]c2s1. The van der Waals surface area contributed by atoms with E-state index in [1.54, 1.807) is 0 Å². The van der Waals surface area contributed by atoms with Gasteiger partial charge in [-0.15, -0.1) is 11.3 Å². The van der Waals surface area contributed by atoms with Gasteiger partial charge < -0.3 is 10.7 Å². The number of aryl methyl sites for hydroxylation is 1. The molecule has 0 aromatic carbocycles. The molecule has 3 N–H and O–H groups in total. The first-order chi connectivity index (χ1) is 8.02. The Balaban J connectivity index is 2.74. The molecule has 2 aromatic rings. The highest BCUT2D eigenvalue weighted by Gasteiger charge is 2.10. The molecule has 5 nitrogen and oxygen atoms in total. The van der Waals surface area contributed by atoms with Crippen LogP contribution in [0.15, 0.2) is 10.9 Å². The molecule has 1 amide bonds. The van der Waals surface area contributed by atoms with Crippen LogP contribution in [-0.2, 0) is 17.8 Å². The van der Waals surface area contributed by atoms with E-state index in [1.807, 2.05) is 13.0 Å². The summed E-state index contributed by atoms with van der Waals surface area (Å²) in [6.45, 7) is 1.82. The van der Waals surface area contributed by atoms with E-state index in [0.29, 0.717) is 5.39 Å². The van der Waals surface area contributed by atoms with Crippen molar-refractivity contribution in [1.29, 1.82) is 0 Å². The molecule has 0 radical (unpaired) electrons. The standard InChI is InChI=1S/C10H11N3O2S2/c1-2-5-3-6-8(17-5)12-10(16)13(9(6)15)4-7(11)14/h3H,2,4H2,1H3,(H2,11,14)(H,12,16). The summed E-state index contributed by atoms with van der Waals surface area (Å²) in [5.41, 5.74) is 4.82. The van der Waals surface area contributed by atoms with Crippen LogP contribution in [0.25, 0.3) is 10.2 Å². The third-order valence-electron chi connectivity index (χ3n) is 2.39. The van der Waals surface area contributed by atoms with Crippen molar-refractivity contribution in [1.82, 2.24) is 9.55 Å². The number of thiophene rings is 1. The number of amides is 1. The molecule has 0 unspecified atom stereocenters. The maximum atomic E-state index is 12.1. The molecule has 0 spiro atoms. The first-order valence-corrected chi connectivity index (χ1v) is 6.29. The first kappa shape index (κ1) is 12.0. The fourth-order valence-electron chi connectivity index (χ4n) is 1.57. The van der Waals surface area contributed by atoms with Crippen molar-refractivity contribution < 1.29 is 4.79 Å². The molecular weight excluding hydrogens is 258 g/mol. The summed E-state index contributed by atoms with van der Waals surface area (Å²) >= 11 is 6.54. The zero-order valence-electron chi connectivity index (χ0n) is 9.15. The van der Waals surface area contributed by atoms with Crippen molar-refractivity contribution in [2.75, 3.05) is 0 Å². The van der Waals surface area contributed by atoms with Gasteiger partial charge >= 0.3 is 0 Å². The van der Waals surface area contributed by atoms with Gasteiger partial charge in [0.2, 0.25) is 5.91 Å². The Labute approximate surface area is 106 Å². The van der Waals surface area contributed by atoms with Crippen molar-refractivity contribution in [3.05, 3.63) is 26.1 Å².